The number of esters is 1. The second-order valence-electron chi connectivity index (χ2n) is 12.3. The van der Waals surface area contributed by atoms with Crippen molar-refractivity contribution in [2.75, 3.05) is 6.54 Å². The number of carbonyl (C=O) groups is 2. The summed E-state index contributed by atoms with van der Waals surface area (Å²) in [5.74, 6) is 0.580. The van der Waals surface area contributed by atoms with E-state index in [0.717, 1.165) is 10.3 Å². The molecule has 2 atom stereocenters. The minimum absolute atomic E-state index is 0.131. The molecular weight excluding hydrogens is 510 g/mol. The smallest absolute Gasteiger partial charge is 0.408 e. The van der Waals surface area contributed by atoms with Gasteiger partial charge in [-0.2, -0.15) is 0 Å². The molecule has 40 heavy (non-hydrogen) atoms. The maximum absolute atomic E-state index is 13.3. The average molecular weight is 546 g/mol. The number of ether oxygens (including phenoxy) is 2. The van der Waals surface area contributed by atoms with Gasteiger partial charge < -0.3 is 14.6 Å². The molecule has 1 saturated heterocycles. The highest BCUT2D eigenvalue weighted by molar-refractivity contribution is 5.86. The van der Waals surface area contributed by atoms with Crippen molar-refractivity contribution in [2.45, 2.75) is 71.6 Å². The first-order valence-electron chi connectivity index (χ1n) is 13.4. The van der Waals surface area contributed by atoms with Crippen molar-refractivity contribution in [1.29, 1.82) is 0 Å². The molecule has 0 aliphatic carbocycles. The van der Waals surface area contributed by atoms with Gasteiger partial charge in [-0.25, -0.2) is 14.6 Å². The summed E-state index contributed by atoms with van der Waals surface area (Å²) in [5, 5.41) is 19.4. The number of nitrogens with zero attached hydrogens (tertiary/aromatic N) is 5. The number of rotatable bonds is 4. The zero-order chi connectivity index (χ0) is 28.9. The van der Waals surface area contributed by atoms with E-state index in [1.807, 2.05) is 79.9 Å². The van der Waals surface area contributed by atoms with E-state index in [9.17, 15) is 14.7 Å². The first kappa shape index (κ1) is 27.4. The predicted molar refractivity (Wildman–Crippen MR) is 150 cm³/mol. The predicted octanol–water partition coefficient (Wildman–Crippen LogP) is 5.59. The number of carbonyl (C=O) groups excluding carboxylic acids is 1. The summed E-state index contributed by atoms with van der Waals surface area (Å²) >= 11 is 0. The number of pyridine rings is 2. The van der Waals surface area contributed by atoms with Crippen molar-refractivity contribution < 1.29 is 24.2 Å². The second kappa shape index (κ2) is 9.76. The molecular formula is C30H35N5O5. The molecule has 210 valence electrons. The Morgan fingerprint density at radius 3 is 2.48 bits per heavy atom. The molecule has 3 aromatic heterocycles. The maximum atomic E-state index is 13.3. The molecule has 1 aliphatic heterocycles. The molecule has 0 spiro atoms. The van der Waals surface area contributed by atoms with Crippen LogP contribution in [0.25, 0.3) is 28.1 Å². The van der Waals surface area contributed by atoms with Crippen molar-refractivity contribution in [1.82, 2.24) is 24.5 Å². The normalized spacial score (nSPS) is 20.1. The first-order valence-corrected chi connectivity index (χ1v) is 13.4. The number of amides is 1. The highest BCUT2D eigenvalue weighted by atomic mass is 16.6. The number of hydrogen-bond acceptors (Lipinski definition) is 7. The summed E-state index contributed by atoms with van der Waals surface area (Å²) in [6.07, 6.45) is 1.27. The number of likely N-dealkylation sites (tertiary alicyclic amines) is 1. The molecule has 1 fully saturated rings. The Morgan fingerprint density at radius 2 is 1.77 bits per heavy atom. The van der Waals surface area contributed by atoms with Crippen LogP contribution in [-0.2, 0) is 9.53 Å². The Balaban J connectivity index is 1.57. The van der Waals surface area contributed by atoms with Crippen molar-refractivity contribution >= 4 is 28.6 Å². The van der Waals surface area contributed by atoms with Gasteiger partial charge in [0.05, 0.1) is 0 Å². The van der Waals surface area contributed by atoms with E-state index >= 15 is 0 Å². The fourth-order valence-corrected chi connectivity index (χ4v) is 5.27. The lowest BCUT2D eigenvalue weighted by Crippen LogP contribution is -2.62. The SMILES string of the molecule is CC(C)(C)OC(=O)C1CC(Oc2cccc3ccc(-c4nnc5ccccn45)nc23)(C(C)(C)C)CCN1C(=O)O. The fraction of sp³-hybridized carbons (Fsp3) is 0.433. The Hall–Kier alpha value is -4.21. The standard InChI is InChI=1S/C30H35N5O5/c1-28(2,3)30(15-17-34(27(37)38)21(18-30)26(36)40-29(4,5)6)39-22-11-9-10-19-13-14-20(31-24(19)22)25-33-32-23-12-7-8-16-35(23)25/h7-14,16,21H,15,17-18H2,1-6H3,(H,37,38). The van der Waals surface area contributed by atoms with E-state index in [4.69, 9.17) is 14.5 Å². The Kier molecular flexibility index (Phi) is 6.68. The van der Waals surface area contributed by atoms with Gasteiger partial charge in [-0.15, -0.1) is 10.2 Å². The van der Waals surface area contributed by atoms with E-state index in [1.165, 1.54) is 0 Å². The molecule has 4 heterocycles. The van der Waals surface area contributed by atoms with Crippen LogP contribution in [0.15, 0.2) is 54.7 Å². The van der Waals surface area contributed by atoms with Crippen molar-refractivity contribution in [3.05, 3.63) is 54.7 Å². The lowest BCUT2D eigenvalue weighted by molar-refractivity contribution is -0.169. The van der Waals surface area contributed by atoms with Gasteiger partial charge in [-0.3, -0.25) is 9.30 Å². The van der Waals surface area contributed by atoms with Crippen molar-refractivity contribution in [3.63, 3.8) is 0 Å². The highest BCUT2D eigenvalue weighted by Crippen LogP contribution is 2.46. The molecule has 2 unspecified atom stereocenters. The van der Waals surface area contributed by atoms with Gasteiger partial charge in [0.2, 0.25) is 0 Å². The molecule has 1 amide bonds. The fourth-order valence-electron chi connectivity index (χ4n) is 5.27. The molecule has 1 aliphatic rings. The number of aromatic nitrogens is 4. The third-order valence-corrected chi connectivity index (χ3v) is 7.48. The molecule has 4 aromatic rings. The number of piperidine rings is 1. The molecule has 0 bridgehead atoms. The summed E-state index contributed by atoms with van der Waals surface area (Å²) < 4.78 is 14.4. The minimum atomic E-state index is -1.16. The van der Waals surface area contributed by atoms with Gasteiger partial charge in [0.1, 0.15) is 34.2 Å². The molecule has 5 rings (SSSR count). The zero-order valence-electron chi connectivity index (χ0n) is 23.7. The van der Waals surface area contributed by atoms with E-state index in [1.54, 1.807) is 20.8 Å². The lowest BCUT2D eigenvalue weighted by atomic mass is 9.68. The first-order chi connectivity index (χ1) is 18.8. The number of carboxylic acid groups (broad SMARTS) is 1. The van der Waals surface area contributed by atoms with Gasteiger partial charge in [0, 0.05) is 36.4 Å². The molecule has 10 heteroatoms. The van der Waals surface area contributed by atoms with Crippen LogP contribution in [0.2, 0.25) is 0 Å². The second-order valence-corrected chi connectivity index (χ2v) is 12.3. The van der Waals surface area contributed by atoms with Crippen LogP contribution in [0.1, 0.15) is 54.4 Å². The number of para-hydroxylation sites is 1. The summed E-state index contributed by atoms with van der Waals surface area (Å²) in [6.45, 7) is 11.6. The maximum Gasteiger partial charge on any atom is 0.408 e. The minimum Gasteiger partial charge on any atom is -0.484 e. The molecule has 1 aromatic carbocycles. The quantitative estimate of drug-likeness (QED) is 0.330. The van der Waals surface area contributed by atoms with E-state index < -0.39 is 34.7 Å². The van der Waals surface area contributed by atoms with Crippen LogP contribution < -0.4 is 4.74 Å². The Bertz CT molecular complexity index is 1580. The lowest BCUT2D eigenvalue weighted by Gasteiger charge is -2.51. The number of hydrogen-bond donors (Lipinski definition) is 1. The van der Waals surface area contributed by atoms with Crippen LogP contribution in [0.5, 0.6) is 5.75 Å². The van der Waals surface area contributed by atoms with E-state index in [0.29, 0.717) is 34.9 Å². The number of benzene rings is 1. The average Bonchev–Trinajstić information content (AvgIpc) is 3.31. The molecule has 0 saturated carbocycles. The van der Waals surface area contributed by atoms with Crippen molar-refractivity contribution in [2.24, 2.45) is 5.41 Å². The summed E-state index contributed by atoms with van der Waals surface area (Å²) in [5.41, 5.74) is -0.0973. The third-order valence-electron chi connectivity index (χ3n) is 7.48. The highest BCUT2D eigenvalue weighted by Gasteiger charge is 2.53. The van der Waals surface area contributed by atoms with Crippen molar-refractivity contribution in [3.8, 4) is 17.3 Å². The molecule has 0 radical (unpaired) electrons. The van der Waals surface area contributed by atoms with Crippen LogP contribution in [0.4, 0.5) is 4.79 Å². The molecule has 10 nitrogen and oxygen atoms in total. The van der Waals surface area contributed by atoms with Crippen LogP contribution in [0.3, 0.4) is 0 Å². The van der Waals surface area contributed by atoms with Gasteiger partial charge in [0.25, 0.3) is 0 Å². The Morgan fingerprint density at radius 1 is 1.00 bits per heavy atom. The largest absolute Gasteiger partial charge is 0.484 e. The summed E-state index contributed by atoms with van der Waals surface area (Å²) in [4.78, 5) is 31.5. The van der Waals surface area contributed by atoms with Gasteiger partial charge in [-0.1, -0.05) is 45.0 Å². The van der Waals surface area contributed by atoms with E-state index in [2.05, 4.69) is 10.2 Å². The van der Waals surface area contributed by atoms with Crippen LogP contribution in [0, 0.1) is 5.41 Å². The Labute approximate surface area is 232 Å². The monoisotopic (exact) mass is 545 g/mol. The summed E-state index contributed by atoms with van der Waals surface area (Å²) in [7, 11) is 0. The van der Waals surface area contributed by atoms with Crippen LogP contribution in [-0.4, -0.2) is 65.4 Å². The topological polar surface area (TPSA) is 119 Å². The number of fused-ring (bicyclic) bond motifs is 2. The van der Waals surface area contributed by atoms with Gasteiger partial charge in [0.15, 0.2) is 11.5 Å². The van der Waals surface area contributed by atoms with Gasteiger partial charge >= 0.3 is 12.1 Å². The van der Waals surface area contributed by atoms with Crippen LogP contribution >= 0.6 is 0 Å². The van der Waals surface area contributed by atoms with E-state index in [-0.39, 0.29) is 13.0 Å². The summed E-state index contributed by atoms with van der Waals surface area (Å²) in [6, 6.07) is 14.3. The zero-order valence-corrected chi connectivity index (χ0v) is 23.7. The molecule has 1 N–H and O–H groups in total. The van der Waals surface area contributed by atoms with Gasteiger partial charge in [-0.05, 0) is 45.0 Å². The third kappa shape index (κ3) is 5.05.